The molecule has 1 N–H and O–H groups in total. The third-order valence-corrected chi connectivity index (χ3v) is 3.99. The fourth-order valence-electron chi connectivity index (χ4n) is 2.48. The van der Waals surface area contributed by atoms with Crippen molar-refractivity contribution in [3.8, 4) is 0 Å². The third-order valence-electron chi connectivity index (χ3n) is 3.99. The van der Waals surface area contributed by atoms with Gasteiger partial charge in [-0.05, 0) is 42.3 Å². The molecule has 0 amide bonds. The number of hydrogen-bond donors (Lipinski definition) is 1. The quantitative estimate of drug-likeness (QED) is 0.674. The molecule has 0 aliphatic heterocycles. The van der Waals surface area contributed by atoms with Crippen LogP contribution in [0.15, 0.2) is 54.9 Å². The van der Waals surface area contributed by atoms with E-state index in [9.17, 15) is 18.4 Å². The molecule has 1 aromatic heterocycles. The lowest BCUT2D eigenvalue weighted by Gasteiger charge is -2.04. The van der Waals surface area contributed by atoms with Crippen molar-refractivity contribution in [1.29, 1.82) is 0 Å². The molecule has 0 radical (unpaired) electrons. The van der Waals surface area contributed by atoms with Gasteiger partial charge in [0, 0.05) is 24.4 Å². The van der Waals surface area contributed by atoms with Crippen LogP contribution in [-0.2, 0) is 12.8 Å². The summed E-state index contributed by atoms with van der Waals surface area (Å²) in [5.41, 5.74) is 1.35. The first-order chi connectivity index (χ1) is 12.9. The standard InChI is InChI=1S/C20H14F2N2O3/c21-16-7-6-14(9-17(16)22)19(25)15-10-23-18(24-11-15)8-3-12-1-4-13(5-2-12)20(26)27/h1-2,4-7,9-11H,3,8H2,(H,26,27). The van der Waals surface area contributed by atoms with Gasteiger partial charge in [-0.2, -0.15) is 0 Å². The molecule has 0 saturated heterocycles. The first-order valence-electron chi connectivity index (χ1n) is 8.07. The van der Waals surface area contributed by atoms with Gasteiger partial charge in [0.25, 0.3) is 0 Å². The highest BCUT2D eigenvalue weighted by atomic mass is 19.2. The number of halogens is 2. The molecule has 0 bridgehead atoms. The number of aromatic carboxylic acids is 1. The van der Waals surface area contributed by atoms with Crippen molar-refractivity contribution in [2.24, 2.45) is 0 Å². The summed E-state index contributed by atoms with van der Waals surface area (Å²) in [7, 11) is 0. The molecule has 7 heteroatoms. The Labute approximate surface area is 153 Å². The van der Waals surface area contributed by atoms with E-state index in [2.05, 4.69) is 9.97 Å². The number of aromatic nitrogens is 2. The number of carbonyl (C=O) groups excluding carboxylic acids is 1. The molecule has 2 aromatic carbocycles. The Kier molecular flexibility index (Phi) is 5.30. The lowest BCUT2D eigenvalue weighted by atomic mass is 10.1. The van der Waals surface area contributed by atoms with Crippen molar-refractivity contribution in [2.75, 3.05) is 0 Å². The fraction of sp³-hybridized carbons (Fsp3) is 0.100. The molecule has 0 spiro atoms. The molecule has 0 unspecified atom stereocenters. The molecule has 0 aliphatic rings. The van der Waals surface area contributed by atoms with Crippen LogP contribution in [0.5, 0.6) is 0 Å². The zero-order valence-electron chi connectivity index (χ0n) is 14.0. The van der Waals surface area contributed by atoms with Gasteiger partial charge in [-0.3, -0.25) is 4.79 Å². The van der Waals surface area contributed by atoms with E-state index in [1.54, 1.807) is 12.1 Å². The molecule has 27 heavy (non-hydrogen) atoms. The monoisotopic (exact) mass is 368 g/mol. The number of ketones is 1. The van der Waals surface area contributed by atoms with E-state index in [1.807, 2.05) is 0 Å². The van der Waals surface area contributed by atoms with Crippen molar-refractivity contribution in [1.82, 2.24) is 9.97 Å². The average molecular weight is 368 g/mol. The lowest BCUT2D eigenvalue weighted by Crippen LogP contribution is -2.06. The maximum Gasteiger partial charge on any atom is 0.335 e. The van der Waals surface area contributed by atoms with Gasteiger partial charge in [0.05, 0.1) is 11.1 Å². The van der Waals surface area contributed by atoms with E-state index in [0.29, 0.717) is 18.7 Å². The summed E-state index contributed by atoms with van der Waals surface area (Å²) in [6.07, 6.45) is 3.81. The Morgan fingerprint density at radius 1 is 0.815 bits per heavy atom. The summed E-state index contributed by atoms with van der Waals surface area (Å²) < 4.78 is 26.2. The molecule has 5 nitrogen and oxygen atoms in total. The van der Waals surface area contributed by atoms with Crippen molar-refractivity contribution < 1.29 is 23.5 Å². The lowest BCUT2D eigenvalue weighted by molar-refractivity contribution is 0.0696. The highest BCUT2D eigenvalue weighted by molar-refractivity contribution is 6.08. The number of hydrogen-bond acceptors (Lipinski definition) is 4. The molecule has 0 saturated carbocycles. The van der Waals surface area contributed by atoms with E-state index in [-0.39, 0.29) is 16.7 Å². The number of aryl methyl sites for hydroxylation is 2. The van der Waals surface area contributed by atoms with Crippen LogP contribution >= 0.6 is 0 Å². The van der Waals surface area contributed by atoms with E-state index in [1.165, 1.54) is 30.6 Å². The second-order valence-electron chi connectivity index (χ2n) is 5.85. The van der Waals surface area contributed by atoms with E-state index in [4.69, 9.17) is 5.11 Å². The smallest absolute Gasteiger partial charge is 0.335 e. The molecule has 1 heterocycles. The average Bonchev–Trinajstić information content (AvgIpc) is 2.68. The highest BCUT2D eigenvalue weighted by Crippen LogP contribution is 2.13. The number of rotatable bonds is 6. The Balaban J connectivity index is 1.65. The van der Waals surface area contributed by atoms with Crippen LogP contribution in [0.2, 0.25) is 0 Å². The molecule has 0 atom stereocenters. The number of benzene rings is 2. The maximum atomic E-state index is 13.3. The highest BCUT2D eigenvalue weighted by Gasteiger charge is 2.13. The molecule has 0 fully saturated rings. The van der Waals surface area contributed by atoms with Gasteiger partial charge in [-0.25, -0.2) is 23.5 Å². The van der Waals surface area contributed by atoms with Crippen molar-refractivity contribution >= 4 is 11.8 Å². The Bertz CT molecular complexity index is 987. The van der Waals surface area contributed by atoms with Crippen LogP contribution in [0.3, 0.4) is 0 Å². The maximum absolute atomic E-state index is 13.3. The second-order valence-corrected chi connectivity index (χ2v) is 5.85. The first kappa shape index (κ1) is 18.3. The predicted molar refractivity (Wildman–Crippen MR) is 92.6 cm³/mol. The molecular formula is C20H14F2N2O3. The number of nitrogens with zero attached hydrogens (tertiary/aromatic N) is 2. The normalized spacial score (nSPS) is 10.6. The van der Waals surface area contributed by atoms with Gasteiger partial charge in [0.1, 0.15) is 5.82 Å². The molecular weight excluding hydrogens is 354 g/mol. The van der Waals surface area contributed by atoms with Crippen molar-refractivity contribution in [3.05, 3.63) is 94.6 Å². The van der Waals surface area contributed by atoms with Crippen LogP contribution < -0.4 is 0 Å². The summed E-state index contributed by atoms with van der Waals surface area (Å²) in [4.78, 5) is 31.4. The van der Waals surface area contributed by atoms with Gasteiger partial charge in [0.2, 0.25) is 0 Å². The fourth-order valence-corrected chi connectivity index (χ4v) is 2.48. The summed E-state index contributed by atoms with van der Waals surface area (Å²) in [6, 6.07) is 9.45. The van der Waals surface area contributed by atoms with Gasteiger partial charge < -0.3 is 5.11 Å². The molecule has 3 aromatic rings. The summed E-state index contributed by atoms with van der Waals surface area (Å²) >= 11 is 0. The minimum absolute atomic E-state index is 0.0174. The Morgan fingerprint density at radius 2 is 1.44 bits per heavy atom. The number of carboxylic acid groups (broad SMARTS) is 1. The van der Waals surface area contributed by atoms with Gasteiger partial charge in [0.15, 0.2) is 17.4 Å². The van der Waals surface area contributed by atoms with Crippen LogP contribution in [0, 0.1) is 11.6 Å². The van der Waals surface area contributed by atoms with E-state index in [0.717, 1.165) is 17.7 Å². The summed E-state index contributed by atoms with van der Waals surface area (Å²) in [5.74, 6) is -3.07. The zero-order valence-corrected chi connectivity index (χ0v) is 14.0. The van der Waals surface area contributed by atoms with Gasteiger partial charge in [-0.15, -0.1) is 0 Å². The van der Waals surface area contributed by atoms with Gasteiger partial charge >= 0.3 is 5.97 Å². The van der Waals surface area contributed by atoms with Crippen LogP contribution in [0.1, 0.15) is 37.7 Å². The van der Waals surface area contributed by atoms with E-state index < -0.39 is 23.4 Å². The van der Waals surface area contributed by atoms with Crippen LogP contribution in [0.4, 0.5) is 8.78 Å². The Morgan fingerprint density at radius 3 is 2.04 bits per heavy atom. The largest absolute Gasteiger partial charge is 0.478 e. The topological polar surface area (TPSA) is 80.1 Å². The van der Waals surface area contributed by atoms with Crippen molar-refractivity contribution in [2.45, 2.75) is 12.8 Å². The summed E-state index contributed by atoms with van der Waals surface area (Å²) in [6.45, 7) is 0. The predicted octanol–water partition coefficient (Wildman–Crippen LogP) is 3.47. The molecule has 136 valence electrons. The molecule has 3 rings (SSSR count). The minimum Gasteiger partial charge on any atom is -0.478 e. The first-order valence-corrected chi connectivity index (χ1v) is 8.07. The van der Waals surface area contributed by atoms with Gasteiger partial charge in [-0.1, -0.05) is 12.1 Å². The van der Waals surface area contributed by atoms with Crippen molar-refractivity contribution in [3.63, 3.8) is 0 Å². The second kappa shape index (κ2) is 7.82. The minimum atomic E-state index is -1.09. The van der Waals surface area contributed by atoms with Crippen LogP contribution in [0.25, 0.3) is 0 Å². The van der Waals surface area contributed by atoms with Crippen LogP contribution in [-0.4, -0.2) is 26.8 Å². The summed E-state index contributed by atoms with van der Waals surface area (Å²) in [5, 5.41) is 8.88. The number of carboxylic acids is 1. The zero-order chi connectivity index (χ0) is 19.4. The Hall–Kier alpha value is -3.48. The molecule has 0 aliphatic carbocycles. The third kappa shape index (κ3) is 4.38. The van der Waals surface area contributed by atoms with E-state index >= 15 is 0 Å². The SMILES string of the molecule is O=C(O)c1ccc(CCc2ncc(C(=O)c3ccc(F)c(F)c3)cn2)cc1. The number of carbonyl (C=O) groups is 2.